The smallest absolute Gasteiger partial charge is 0.256 e. The number of hydrogen-bond donors (Lipinski definition) is 0. The number of carbonyl (C=O) groups is 2. The van der Waals surface area contributed by atoms with Gasteiger partial charge in [-0.05, 0) is 19.8 Å². The van der Waals surface area contributed by atoms with Gasteiger partial charge in [-0.15, -0.1) is 0 Å². The minimum atomic E-state index is -0.104. The summed E-state index contributed by atoms with van der Waals surface area (Å²) in [6.07, 6.45) is 9.49. The summed E-state index contributed by atoms with van der Waals surface area (Å²) in [6.45, 7) is 1.73. The van der Waals surface area contributed by atoms with Crippen molar-refractivity contribution in [2.24, 2.45) is 0 Å². The van der Waals surface area contributed by atoms with Crippen molar-refractivity contribution in [3.63, 3.8) is 0 Å². The van der Waals surface area contributed by atoms with Gasteiger partial charge in [0, 0.05) is 17.7 Å². The first-order valence-electron chi connectivity index (χ1n) is 6.26. The van der Waals surface area contributed by atoms with Crippen molar-refractivity contribution < 1.29 is 9.59 Å². The van der Waals surface area contributed by atoms with Gasteiger partial charge in [0.15, 0.2) is 0 Å². The Labute approximate surface area is 96.5 Å². The summed E-state index contributed by atoms with van der Waals surface area (Å²) in [5.74, 6) is -0.177. The second-order valence-electron chi connectivity index (χ2n) is 4.84. The third-order valence-corrected chi connectivity index (χ3v) is 3.57. The van der Waals surface area contributed by atoms with Gasteiger partial charge >= 0.3 is 0 Å². The molecule has 3 heteroatoms. The molecular weight excluding hydrogens is 202 g/mol. The Kier molecular flexibility index (Phi) is 3.42. The van der Waals surface area contributed by atoms with Gasteiger partial charge in [0.1, 0.15) is 0 Å². The fourth-order valence-corrected chi connectivity index (χ4v) is 2.65. The summed E-state index contributed by atoms with van der Waals surface area (Å²) >= 11 is 0. The van der Waals surface area contributed by atoms with E-state index in [2.05, 4.69) is 0 Å². The maximum absolute atomic E-state index is 11.8. The molecule has 1 aliphatic carbocycles. The molecule has 0 spiro atoms. The van der Waals surface area contributed by atoms with E-state index >= 15 is 0 Å². The minimum Gasteiger partial charge on any atom is -0.272 e. The lowest BCUT2D eigenvalue weighted by molar-refractivity contribution is -0.140. The highest BCUT2D eigenvalue weighted by Crippen LogP contribution is 2.25. The fourth-order valence-electron chi connectivity index (χ4n) is 2.65. The van der Waals surface area contributed by atoms with Gasteiger partial charge < -0.3 is 0 Å². The summed E-state index contributed by atoms with van der Waals surface area (Å²) < 4.78 is 0. The number of imide groups is 1. The van der Waals surface area contributed by atoms with E-state index in [9.17, 15) is 9.59 Å². The standard InChI is InChI=1S/C13H19NO2/c1-10-9-12(15)14(13(10)16)11-7-5-3-2-4-6-8-11/h9,11H,2-8H2,1H3. The van der Waals surface area contributed by atoms with Crippen molar-refractivity contribution in [2.45, 2.75) is 57.9 Å². The zero-order chi connectivity index (χ0) is 11.5. The van der Waals surface area contributed by atoms with E-state index in [1.807, 2.05) is 0 Å². The van der Waals surface area contributed by atoms with Gasteiger partial charge in [-0.2, -0.15) is 0 Å². The van der Waals surface area contributed by atoms with Crippen molar-refractivity contribution in [1.29, 1.82) is 0 Å². The molecule has 0 atom stereocenters. The van der Waals surface area contributed by atoms with Gasteiger partial charge in [0.2, 0.25) is 0 Å². The summed E-state index contributed by atoms with van der Waals surface area (Å²) in [4.78, 5) is 25.1. The van der Waals surface area contributed by atoms with Crippen molar-refractivity contribution in [3.05, 3.63) is 11.6 Å². The van der Waals surface area contributed by atoms with Gasteiger partial charge in [0.05, 0.1) is 0 Å². The topological polar surface area (TPSA) is 37.4 Å². The molecule has 2 rings (SSSR count). The summed E-state index contributed by atoms with van der Waals surface area (Å²) in [5.41, 5.74) is 0.590. The van der Waals surface area contributed by atoms with E-state index in [-0.39, 0.29) is 17.9 Å². The maximum Gasteiger partial charge on any atom is 0.256 e. The molecule has 3 nitrogen and oxygen atoms in total. The zero-order valence-corrected chi connectivity index (χ0v) is 9.87. The first-order valence-corrected chi connectivity index (χ1v) is 6.26. The van der Waals surface area contributed by atoms with E-state index in [1.165, 1.54) is 30.2 Å². The van der Waals surface area contributed by atoms with Crippen molar-refractivity contribution >= 4 is 11.8 Å². The average molecular weight is 221 g/mol. The molecule has 0 radical (unpaired) electrons. The van der Waals surface area contributed by atoms with Crippen LogP contribution in [0.15, 0.2) is 11.6 Å². The Hall–Kier alpha value is -1.12. The van der Waals surface area contributed by atoms with Crippen LogP contribution in [0.2, 0.25) is 0 Å². The molecule has 0 aromatic carbocycles. The predicted molar refractivity (Wildman–Crippen MR) is 61.7 cm³/mol. The molecule has 1 aliphatic heterocycles. The van der Waals surface area contributed by atoms with Gasteiger partial charge in [-0.25, -0.2) is 0 Å². The average Bonchev–Trinajstić information content (AvgIpc) is 2.43. The van der Waals surface area contributed by atoms with Gasteiger partial charge in [0.25, 0.3) is 11.8 Å². The molecule has 0 saturated heterocycles. The van der Waals surface area contributed by atoms with Crippen molar-refractivity contribution in [2.75, 3.05) is 0 Å². The molecule has 0 aromatic heterocycles. The summed E-state index contributed by atoms with van der Waals surface area (Å²) in [5, 5.41) is 0. The molecular formula is C13H19NO2. The normalized spacial score (nSPS) is 24.3. The predicted octanol–water partition coefficient (Wildman–Crippen LogP) is 2.41. The molecule has 0 unspecified atom stereocenters. The molecule has 1 saturated carbocycles. The van der Waals surface area contributed by atoms with Crippen molar-refractivity contribution in [1.82, 2.24) is 4.90 Å². The fraction of sp³-hybridized carbons (Fsp3) is 0.692. The molecule has 0 aromatic rings. The minimum absolute atomic E-state index is 0.0735. The van der Waals surface area contributed by atoms with Crippen LogP contribution < -0.4 is 0 Å². The third kappa shape index (κ3) is 2.18. The van der Waals surface area contributed by atoms with Crippen LogP contribution in [0.4, 0.5) is 0 Å². The van der Waals surface area contributed by atoms with Crippen LogP contribution in [0.1, 0.15) is 51.9 Å². The molecule has 1 fully saturated rings. The Bertz CT molecular complexity index is 325. The summed E-state index contributed by atoms with van der Waals surface area (Å²) in [6, 6.07) is 0.147. The molecule has 2 amide bonds. The van der Waals surface area contributed by atoms with Crippen LogP contribution in [-0.2, 0) is 9.59 Å². The first kappa shape index (κ1) is 11.4. The second kappa shape index (κ2) is 4.81. The Morgan fingerprint density at radius 1 is 1.06 bits per heavy atom. The van der Waals surface area contributed by atoms with Gasteiger partial charge in [-0.3, -0.25) is 14.5 Å². The summed E-state index contributed by atoms with van der Waals surface area (Å²) in [7, 11) is 0. The monoisotopic (exact) mass is 221 g/mol. The molecule has 88 valence electrons. The highest BCUT2D eigenvalue weighted by atomic mass is 16.2. The lowest BCUT2D eigenvalue weighted by atomic mass is 9.95. The largest absolute Gasteiger partial charge is 0.272 e. The van der Waals surface area contributed by atoms with Crippen LogP contribution in [0, 0.1) is 0 Å². The van der Waals surface area contributed by atoms with Crippen LogP contribution in [0.3, 0.4) is 0 Å². The zero-order valence-electron chi connectivity index (χ0n) is 9.87. The maximum atomic E-state index is 11.8. The highest BCUT2D eigenvalue weighted by molar-refractivity contribution is 6.16. The number of rotatable bonds is 1. The van der Waals surface area contributed by atoms with E-state index in [0.717, 1.165) is 25.7 Å². The number of amides is 2. The first-order chi connectivity index (χ1) is 7.70. The van der Waals surface area contributed by atoms with Crippen LogP contribution in [-0.4, -0.2) is 22.8 Å². The molecule has 16 heavy (non-hydrogen) atoms. The van der Waals surface area contributed by atoms with E-state index < -0.39 is 0 Å². The molecule has 1 heterocycles. The van der Waals surface area contributed by atoms with Crippen LogP contribution >= 0.6 is 0 Å². The van der Waals surface area contributed by atoms with E-state index in [1.54, 1.807) is 6.92 Å². The van der Waals surface area contributed by atoms with E-state index in [4.69, 9.17) is 0 Å². The molecule has 0 N–H and O–H groups in total. The Morgan fingerprint density at radius 2 is 1.62 bits per heavy atom. The number of hydrogen-bond acceptors (Lipinski definition) is 2. The number of carbonyl (C=O) groups excluding carboxylic acids is 2. The Balaban J connectivity index is 2.05. The Morgan fingerprint density at radius 3 is 2.12 bits per heavy atom. The van der Waals surface area contributed by atoms with Crippen LogP contribution in [0.5, 0.6) is 0 Å². The molecule has 0 bridgehead atoms. The molecule has 2 aliphatic rings. The highest BCUT2D eigenvalue weighted by Gasteiger charge is 2.34. The van der Waals surface area contributed by atoms with Crippen molar-refractivity contribution in [3.8, 4) is 0 Å². The number of nitrogens with zero attached hydrogens (tertiary/aromatic N) is 1. The van der Waals surface area contributed by atoms with Crippen LogP contribution in [0.25, 0.3) is 0 Å². The third-order valence-electron chi connectivity index (χ3n) is 3.57. The quantitative estimate of drug-likeness (QED) is 0.638. The lowest BCUT2D eigenvalue weighted by Crippen LogP contribution is -2.40. The lowest BCUT2D eigenvalue weighted by Gasteiger charge is -2.28. The SMILES string of the molecule is CC1=CC(=O)N(C2CCCCCCC2)C1=O. The van der Waals surface area contributed by atoms with E-state index in [0.29, 0.717) is 5.57 Å². The second-order valence-corrected chi connectivity index (χ2v) is 4.84. The van der Waals surface area contributed by atoms with Gasteiger partial charge in [-0.1, -0.05) is 32.1 Å².